The molecule has 0 amide bonds. The van der Waals surface area contributed by atoms with Gasteiger partial charge in [0, 0.05) is 18.7 Å². The molecule has 28 heavy (non-hydrogen) atoms. The van der Waals surface area contributed by atoms with Crippen molar-refractivity contribution in [2.75, 3.05) is 18.0 Å². The predicted octanol–water partition coefficient (Wildman–Crippen LogP) is 4.72. The van der Waals surface area contributed by atoms with Gasteiger partial charge in [0.2, 0.25) is 26.6 Å². The Labute approximate surface area is 165 Å². The van der Waals surface area contributed by atoms with Gasteiger partial charge in [0.15, 0.2) is 0 Å². The monoisotopic (exact) mass is 396 g/mol. The Kier molecular flexibility index (Phi) is 4.98. The van der Waals surface area contributed by atoms with E-state index in [0.717, 1.165) is 37.1 Å². The van der Waals surface area contributed by atoms with Crippen LogP contribution in [0.2, 0.25) is 0 Å². The standard InChI is InChI=1S/C22H24N2O3S/c1-16-8-10-19(11-9-16)28(25,26)21-22(24-14-12-17(2)13-15-24)27-20(23-21)18-6-4-3-5-7-18/h3-11,17H,12-15H2,1-2H3. The summed E-state index contributed by atoms with van der Waals surface area (Å²) in [7, 11) is -3.78. The molecular formula is C22H24N2O3S. The second kappa shape index (κ2) is 7.43. The molecular weight excluding hydrogens is 372 g/mol. The van der Waals surface area contributed by atoms with Gasteiger partial charge in [0.25, 0.3) is 0 Å². The molecule has 0 saturated carbocycles. The fourth-order valence-corrected chi connectivity index (χ4v) is 4.74. The average molecular weight is 397 g/mol. The first-order chi connectivity index (χ1) is 13.4. The first-order valence-corrected chi connectivity index (χ1v) is 11.1. The molecule has 2 heterocycles. The van der Waals surface area contributed by atoms with Crippen LogP contribution in [-0.4, -0.2) is 26.5 Å². The summed E-state index contributed by atoms with van der Waals surface area (Å²) in [4.78, 5) is 6.70. The molecule has 0 N–H and O–H groups in total. The molecule has 3 aromatic rings. The quantitative estimate of drug-likeness (QED) is 0.638. The van der Waals surface area contributed by atoms with Crippen LogP contribution >= 0.6 is 0 Å². The fraction of sp³-hybridized carbons (Fsp3) is 0.318. The Morgan fingerprint density at radius 2 is 1.64 bits per heavy atom. The number of hydrogen-bond donors (Lipinski definition) is 0. The van der Waals surface area contributed by atoms with E-state index >= 15 is 0 Å². The summed E-state index contributed by atoms with van der Waals surface area (Å²) >= 11 is 0. The van der Waals surface area contributed by atoms with E-state index in [1.807, 2.05) is 42.2 Å². The molecule has 0 spiro atoms. The van der Waals surface area contributed by atoms with Gasteiger partial charge >= 0.3 is 0 Å². The number of nitrogens with zero attached hydrogens (tertiary/aromatic N) is 2. The molecule has 0 unspecified atom stereocenters. The maximum Gasteiger partial charge on any atom is 0.236 e. The maximum absolute atomic E-state index is 13.4. The first kappa shape index (κ1) is 18.7. The number of benzene rings is 2. The SMILES string of the molecule is Cc1ccc(S(=O)(=O)c2nc(-c3ccccc3)oc2N2CCC(C)CC2)cc1. The molecule has 6 heteroatoms. The summed E-state index contributed by atoms with van der Waals surface area (Å²) in [6.07, 6.45) is 2.01. The Balaban J connectivity index is 1.82. The zero-order valence-corrected chi connectivity index (χ0v) is 16.9. The van der Waals surface area contributed by atoms with Crippen LogP contribution in [0.25, 0.3) is 11.5 Å². The molecule has 1 aliphatic heterocycles. The Morgan fingerprint density at radius 1 is 1.00 bits per heavy atom. The van der Waals surface area contributed by atoms with Gasteiger partial charge in [-0.25, -0.2) is 8.42 Å². The van der Waals surface area contributed by atoms with Crippen LogP contribution in [-0.2, 0) is 9.84 Å². The Morgan fingerprint density at radius 3 is 2.29 bits per heavy atom. The van der Waals surface area contributed by atoms with Crippen LogP contribution in [0.3, 0.4) is 0 Å². The lowest BCUT2D eigenvalue weighted by atomic mass is 9.99. The topological polar surface area (TPSA) is 63.4 Å². The van der Waals surface area contributed by atoms with Crippen LogP contribution in [0.5, 0.6) is 0 Å². The van der Waals surface area contributed by atoms with Gasteiger partial charge in [-0.3, -0.25) is 0 Å². The smallest absolute Gasteiger partial charge is 0.236 e. The van der Waals surface area contributed by atoms with Crippen LogP contribution in [0.4, 0.5) is 5.88 Å². The van der Waals surface area contributed by atoms with Crippen molar-refractivity contribution in [1.82, 2.24) is 4.98 Å². The minimum Gasteiger partial charge on any atom is -0.419 e. The molecule has 2 aromatic carbocycles. The molecule has 0 atom stereocenters. The molecule has 4 rings (SSSR count). The van der Waals surface area contributed by atoms with Gasteiger partial charge in [0.1, 0.15) is 0 Å². The van der Waals surface area contributed by atoms with Crippen molar-refractivity contribution in [2.24, 2.45) is 5.92 Å². The largest absolute Gasteiger partial charge is 0.419 e. The van der Waals surface area contributed by atoms with Crippen molar-refractivity contribution in [3.8, 4) is 11.5 Å². The number of anilines is 1. The van der Waals surface area contributed by atoms with Crippen molar-refractivity contribution >= 4 is 15.7 Å². The number of hydrogen-bond acceptors (Lipinski definition) is 5. The number of rotatable bonds is 4. The normalized spacial score (nSPS) is 15.7. The van der Waals surface area contributed by atoms with E-state index in [2.05, 4.69) is 11.9 Å². The summed E-state index contributed by atoms with van der Waals surface area (Å²) in [5.74, 6) is 1.32. The van der Waals surface area contributed by atoms with Crippen LogP contribution < -0.4 is 4.90 Å². The highest BCUT2D eigenvalue weighted by atomic mass is 32.2. The zero-order chi connectivity index (χ0) is 19.7. The second-order valence-corrected chi connectivity index (χ2v) is 9.35. The van der Waals surface area contributed by atoms with E-state index in [1.54, 1.807) is 24.3 Å². The summed E-state index contributed by atoms with van der Waals surface area (Å²) in [6.45, 7) is 5.68. The van der Waals surface area contributed by atoms with E-state index in [9.17, 15) is 8.42 Å². The zero-order valence-electron chi connectivity index (χ0n) is 16.1. The number of sulfone groups is 1. The number of piperidine rings is 1. The molecule has 1 fully saturated rings. The molecule has 1 saturated heterocycles. The summed E-state index contributed by atoms with van der Waals surface area (Å²) in [6, 6.07) is 16.3. The molecule has 5 nitrogen and oxygen atoms in total. The lowest BCUT2D eigenvalue weighted by molar-refractivity contribution is 0.416. The van der Waals surface area contributed by atoms with Gasteiger partial charge in [-0.1, -0.05) is 42.8 Å². The third-order valence-electron chi connectivity index (χ3n) is 5.26. The average Bonchev–Trinajstić information content (AvgIpc) is 3.16. The Hall–Kier alpha value is -2.60. The number of oxazole rings is 1. The number of aromatic nitrogens is 1. The highest BCUT2D eigenvalue weighted by molar-refractivity contribution is 7.91. The fourth-order valence-electron chi connectivity index (χ4n) is 3.42. The van der Waals surface area contributed by atoms with Gasteiger partial charge in [-0.05, 0) is 49.9 Å². The van der Waals surface area contributed by atoms with E-state index in [4.69, 9.17) is 4.42 Å². The molecule has 1 aliphatic rings. The van der Waals surface area contributed by atoms with Crippen molar-refractivity contribution in [1.29, 1.82) is 0 Å². The lowest BCUT2D eigenvalue weighted by Crippen LogP contribution is -2.33. The van der Waals surface area contributed by atoms with Crippen molar-refractivity contribution < 1.29 is 12.8 Å². The van der Waals surface area contributed by atoms with E-state index in [-0.39, 0.29) is 9.92 Å². The second-order valence-electron chi connectivity index (χ2n) is 7.48. The van der Waals surface area contributed by atoms with Crippen LogP contribution in [0.15, 0.2) is 68.9 Å². The minimum atomic E-state index is -3.78. The highest BCUT2D eigenvalue weighted by Crippen LogP contribution is 2.36. The third-order valence-corrected chi connectivity index (χ3v) is 6.92. The van der Waals surface area contributed by atoms with Gasteiger partial charge in [0.05, 0.1) is 4.90 Å². The van der Waals surface area contributed by atoms with Crippen molar-refractivity contribution in [3.05, 3.63) is 60.2 Å². The van der Waals surface area contributed by atoms with E-state index in [0.29, 0.717) is 17.7 Å². The lowest BCUT2D eigenvalue weighted by Gasteiger charge is -2.30. The highest BCUT2D eigenvalue weighted by Gasteiger charge is 2.32. The first-order valence-electron chi connectivity index (χ1n) is 9.58. The number of aryl methyl sites for hydroxylation is 1. The summed E-state index contributed by atoms with van der Waals surface area (Å²) in [5.41, 5.74) is 1.77. The van der Waals surface area contributed by atoms with Crippen LogP contribution in [0, 0.1) is 12.8 Å². The van der Waals surface area contributed by atoms with E-state index < -0.39 is 9.84 Å². The van der Waals surface area contributed by atoms with Crippen LogP contribution in [0.1, 0.15) is 25.3 Å². The van der Waals surface area contributed by atoms with Gasteiger partial charge < -0.3 is 9.32 Å². The third kappa shape index (κ3) is 3.56. The molecule has 0 aliphatic carbocycles. The van der Waals surface area contributed by atoms with E-state index in [1.165, 1.54) is 0 Å². The summed E-state index contributed by atoms with van der Waals surface area (Å²) < 4.78 is 32.8. The van der Waals surface area contributed by atoms with Crippen molar-refractivity contribution in [3.63, 3.8) is 0 Å². The van der Waals surface area contributed by atoms with Gasteiger partial charge in [-0.15, -0.1) is 0 Å². The minimum absolute atomic E-state index is 0.00441. The van der Waals surface area contributed by atoms with Gasteiger partial charge in [-0.2, -0.15) is 4.98 Å². The van der Waals surface area contributed by atoms with Crippen molar-refractivity contribution in [2.45, 2.75) is 36.6 Å². The maximum atomic E-state index is 13.4. The Bertz CT molecular complexity index is 1050. The molecule has 0 bridgehead atoms. The molecule has 146 valence electrons. The molecule has 0 radical (unpaired) electrons. The molecule has 1 aromatic heterocycles. The predicted molar refractivity (Wildman–Crippen MR) is 109 cm³/mol. The summed E-state index contributed by atoms with van der Waals surface area (Å²) in [5, 5.41) is 0.00441.